The normalized spacial score (nSPS) is 10.4. The molecule has 0 fully saturated rings. The number of benzene rings is 4. The van der Waals surface area contributed by atoms with Gasteiger partial charge in [0.1, 0.15) is 17.2 Å². The highest BCUT2D eigenvalue weighted by Crippen LogP contribution is 2.45. The lowest BCUT2D eigenvalue weighted by Gasteiger charge is -2.19. The number of ether oxygens (including phenoxy) is 2. The van der Waals surface area contributed by atoms with E-state index in [9.17, 15) is 4.79 Å². The first-order chi connectivity index (χ1) is 14.6. The summed E-state index contributed by atoms with van der Waals surface area (Å²) in [5, 5.41) is 0. The van der Waals surface area contributed by atoms with Gasteiger partial charge in [0.25, 0.3) is 0 Å². The lowest BCUT2D eigenvalue weighted by molar-refractivity contribution is 0.103. The first kappa shape index (κ1) is 19.1. The van der Waals surface area contributed by atoms with Crippen molar-refractivity contribution >= 4 is 17.2 Å². The van der Waals surface area contributed by atoms with Crippen molar-refractivity contribution in [1.29, 1.82) is 0 Å². The Hall–Kier alpha value is -4.25. The molecule has 0 aliphatic rings. The fourth-order valence-corrected chi connectivity index (χ4v) is 3.00. The average molecular weight is 396 g/mol. The van der Waals surface area contributed by atoms with E-state index in [2.05, 4.69) is 0 Å². The van der Waals surface area contributed by atoms with E-state index in [1.54, 1.807) is 48.5 Å². The number of hydrogen-bond donors (Lipinski definition) is 2. The van der Waals surface area contributed by atoms with Gasteiger partial charge in [-0.2, -0.15) is 0 Å². The zero-order valence-electron chi connectivity index (χ0n) is 16.1. The summed E-state index contributed by atoms with van der Waals surface area (Å²) in [5.41, 5.74) is 13.6. The second-order valence-electron chi connectivity index (χ2n) is 6.61. The molecule has 4 rings (SSSR count). The van der Waals surface area contributed by atoms with E-state index in [0.29, 0.717) is 17.1 Å². The molecule has 0 atom stereocenters. The van der Waals surface area contributed by atoms with Crippen LogP contribution >= 0.6 is 0 Å². The van der Waals surface area contributed by atoms with Gasteiger partial charge in [0.2, 0.25) is 0 Å². The van der Waals surface area contributed by atoms with Crippen LogP contribution in [0.1, 0.15) is 15.9 Å². The maximum atomic E-state index is 13.3. The predicted molar refractivity (Wildman–Crippen MR) is 118 cm³/mol. The van der Waals surface area contributed by atoms with Crippen LogP contribution in [0.25, 0.3) is 0 Å². The first-order valence-electron chi connectivity index (χ1n) is 9.41. The number of rotatable bonds is 6. The SMILES string of the molecule is Nc1cc(C(=O)c2ccccc2)c(Oc2ccccc2)c(Oc2ccccc2)c1N. The molecule has 0 heterocycles. The Balaban J connectivity index is 1.89. The van der Waals surface area contributed by atoms with Crippen molar-refractivity contribution in [2.45, 2.75) is 0 Å². The van der Waals surface area contributed by atoms with Gasteiger partial charge >= 0.3 is 0 Å². The highest BCUT2D eigenvalue weighted by molar-refractivity contribution is 6.12. The summed E-state index contributed by atoms with van der Waals surface area (Å²) in [6.45, 7) is 0. The second-order valence-corrected chi connectivity index (χ2v) is 6.61. The molecule has 5 nitrogen and oxygen atoms in total. The number of carbonyl (C=O) groups excluding carboxylic acids is 1. The molecule has 148 valence electrons. The molecule has 0 aliphatic heterocycles. The molecule has 0 bridgehead atoms. The zero-order valence-corrected chi connectivity index (χ0v) is 16.1. The van der Waals surface area contributed by atoms with Crippen LogP contribution in [0.4, 0.5) is 11.4 Å². The lowest BCUT2D eigenvalue weighted by atomic mass is 10.0. The fraction of sp³-hybridized carbons (Fsp3) is 0. The smallest absolute Gasteiger partial charge is 0.197 e. The average Bonchev–Trinajstić information content (AvgIpc) is 2.80. The molecule has 0 radical (unpaired) electrons. The minimum atomic E-state index is -0.244. The minimum Gasteiger partial charge on any atom is -0.453 e. The van der Waals surface area contributed by atoms with Crippen LogP contribution in [0.2, 0.25) is 0 Å². The van der Waals surface area contributed by atoms with Crippen molar-refractivity contribution in [3.05, 3.63) is 108 Å². The van der Waals surface area contributed by atoms with Gasteiger partial charge < -0.3 is 20.9 Å². The summed E-state index contributed by atoms with van der Waals surface area (Å²) in [6.07, 6.45) is 0. The van der Waals surface area contributed by atoms with E-state index in [-0.39, 0.29) is 34.2 Å². The molecule has 30 heavy (non-hydrogen) atoms. The number of anilines is 2. The Bertz CT molecular complexity index is 1160. The molecule has 0 saturated heterocycles. The molecule has 4 aromatic carbocycles. The summed E-state index contributed by atoms with van der Waals surface area (Å²) in [6, 6.07) is 28.7. The van der Waals surface area contributed by atoms with E-state index < -0.39 is 0 Å². The topological polar surface area (TPSA) is 87.6 Å². The third-order valence-electron chi connectivity index (χ3n) is 4.51. The van der Waals surface area contributed by atoms with Crippen molar-refractivity contribution in [3.8, 4) is 23.0 Å². The van der Waals surface area contributed by atoms with Gasteiger partial charge in [-0.15, -0.1) is 0 Å². The largest absolute Gasteiger partial charge is 0.453 e. The Morgan fingerprint density at radius 3 is 1.63 bits per heavy atom. The van der Waals surface area contributed by atoms with Crippen LogP contribution in [0, 0.1) is 0 Å². The maximum absolute atomic E-state index is 13.3. The van der Waals surface area contributed by atoms with E-state index in [1.807, 2.05) is 42.5 Å². The minimum absolute atomic E-state index is 0.198. The number of hydrogen-bond acceptors (Lipinski definition) is 5. The summed E-state index contributed by atoms with van der Waals surface area (Å²) >= 11 is 0. The van der Waals surface area contributed by atoms with Gasteiger partial charge in [0.05, 0.1) is 11.3 Å². The van der Waals surface area contributed by atoms with Gasteiger partial charge in [0.15, 0.2) is 17.3 Å². The summed E-state index contributed by atoms with van der Waals surface area (Å²) in [7, 11) is 0. The quantitative estimate of drug-likeness (QED) is 0.324. The van der Waals surface area contributed by atoms with Crippen molar-refractivity contribution in [2.24, 2.45) is 0 Å². The van der Waals surface area contributed by atoms with E-state index in [0.717, 1.165) is 0 Å². The summed E-state index contributed by atoms with van der Waals surface area (Å²) in [4.78, 5) is 13.3. The molecule has 4 N–H and O–H groups in total. The molecule has 0 amide bonds. The van der Waals surface area contributed by atoms with E-state index in [4.69, 9.17) is 20.9 Å². The first-order valence-corrected chi connectivity index (χ1v) is 9.41. The maximum Gasteiger partial charge on any atom is 0.197 e. The molecular formula is C25H20N2O3. The lowest BCUT2D eigenvalue weighted by Crippen LogP contribution is -2.09. The van der Waals surface area contributed by atoms with E-state index in [1.165, 1.54) is 6.07 Å². The van der Waals surface area contributed by atoms with Crippen LogP contribution in [-0.4, -0.2) is 5.78 Å². The van der Waals surface area contributed by atoms with Crippen LogP contribution in [-0.2, 0) is 0 Å². The molecule has 4 aromatic rings. The molecule has 0 aliphatic carbocycles. The molecule has 5 heteroatoms. The number of para-hydroxylation sites is 2. The Morgan fingerprint density at radius 2 is 1.10 bits per heavy atom. The number of nitrogen functional groups attached to an aromatic ring is 2. The van der Waals surface area contributed by atoms with Crippen molar-refractivity contribution in [1.82, 2.24) is 0 Å². The van der Waals surface area contributed by atoms with Gasteiger partial charge in [-0.05, 0) is 30.3 Å². The predicted octanol–water partition coefficient (Wildman–Crippen LogP) is 5.67. The molecular weight excluding hydrogens is 376 g/mol. The Labute approximate surface area is 174 Å². The molecule has 0 aromatic heterocycles. The third kappa shape index (κ3) is 3.95. The van der Waals surface area contributed by atoms with Gasteiger partial charge in [-0.3, -0.25) is 4.79 Å². The summed E-state index contributed by atoms with van der Waals surface area (Å²) in [5.74, 6) is 1.26. The highest BCUT2D eigenvalue weighted by atomic mass is 16.5. The standard InChI is InChI=1S/C25H20N2O3/c26-21-16-20(23(28)17-10-4-1-5-11-17)24(29-18-12-6-2-7-13-18)25(22(21)27)30-19-14-8-3-9-15-19/h1-16H,26-27H2. The van der Waals surface area contributed by atoms with Crippen LogP contribution in [0.3, 0.4) is 0 Å². The number of nitrogens with two attached hydrogens (primary N) is 2. The van der Waals surface area contributed by atoms with Crippen molar-refractivity contribution in [3.63, 3.8) is 0 Å². The summed E-state index contributed by atoms with van der Waals surface area (Å²) < 4.78 is 12.1. The Morgan fingerprint density at radius 1 is 0.633 bits per heavy atom. The number of carbonyl (C=O) groups is 1. The number of ketones is 1. The monoisotopic (exact) mass is 396 g/mol. The van der Waals surface area contributed by atoms with Gasteiger partial charge in [-0.25, -0.2) is 0 Å². The highest BCUT2D eigenvalue weighted by Gasteiger charge is 2.24. The molecule has 0 spiro atoms. The molecule has 0 unspecified atom stereocenters. The van der Waals surface area contributed by atoms with Crippen molar-refractivity contribution < 1.29 is 14.3 Å². The molecule has 0 saturated carbocycles. The van der Waals surface area contributed by atoms with Gasteiger partial charge in [-0.1, -0.05) is 66.7 Å². The second kappa shape index (κ2) is 8.41. The van der Waals surface area contributed by atoms with Gasteiger partial charge in [0, 0.05) is 5.56 Å². The Kier molecular flexibility index (Phi) is 5.35. The van der Waals surface area contributed by atoms with Crippen LogP contribution < -0.4 is 20.9 Å². The third-order valence-corrected chi connectivity index (χ3v) is 4.51. The van der Waals surface area contributed by atoms with E-state index >= 15 is 0 Å². The van der Waals surface area contributed by atoms with Crippen molar-refractivity contribution in [2.75, 3.05) is 11.5 Å². The fourth-order valence-electron chi connectivity index (χ4n) is 3.00. The van der Waals surface area contributed by atoms with Crippen LogP contribution in [0.5, 0.6) is 23.0 Å². The van der Waals surface area contributed by atoms with Crippen LogP contribution in [0.15, 0.2) is 97.1 Å². The zero-order chi connectivity index (χ0) is 20.9.